The molecule has 0 spiro atoms. The van der Waals surface area contributed by atoms with Crippen molar-refractivity contribution in [1.29, 1.82) is 0 Å². The number of hydrogen-bond donors (Lipinski definition) is 1. The Kier molecular flexibility index (Phi) is 6.67. The average molecular weight is 388 g/mol. The Hall–Kier alpha value is -2.41. The summed E-state index contributed by atoms with van der Waals surface area (Å²) in [6.07, 6.45) is 1.19. The number of carboxylic acid groups (broad SMARTS) is 1. The third-order valence-electron chi connectivity index (χ3n) is 5.51. The summed E-state index contributed by atoms with van der Waals surface area (Å²) in [5.74, 6) is -1.08. The van der Waals surface area contributed by atoms with Gasteiger partial charge in [0.25, 0.3) is 0 Å². The van der Waals surface area contributed by atoms with Crippen LogP contribution in [0.3, 0.4) is 0 Å². The highest BCUT2D eigenvalue weighted by Crippen LogP contribution is 2.23. The summed E-state index contributed by atoms with van der Waals surface area (Å²) in [6.45, 7) is 3.44. The van der Waals surface area contributed by atoms with E-state index in [0.29, 0.717) is 38.9 Å². The molecule has 28 heavy (non-hydrogen) atoms. The number of nitrogens with zero attached hydrogens (tertiary/aromatic N) is 2. The van der Waals surface area contributed by atoms with Gasteiger partial charge in [0.15, 0.2) is 6.10 Å². The van der Waals surface area contributed by atoms with Crippen molar-refractivity contribution in [3.05, 3.63) is 35.9 Å². The molecule has 1 unspecified atom stereocenters. The van der Waals surface area contributed by atoms with Crippen molar-refractivity contribution in [2.24, 2.45) is 5.92 Å². The topological polar surface area (TPSA) is 87.2 Å². The van der Waals surface area contributed by atoms with Gasteiger partial charge in [-0.1, -0.05) is 30.3 Å². The van der Waals surface area contributed by atoms with Gasteiger partial charge in [0.1, 0.15) is 0 Å². The molecule has 0 bridgehead atoms. The summed E-state index contributed by atoms with van der Waals surface area (Å²) >= 11 is 0. The molecule has 1 aromatic carbocycles. The lowest BCUT2D eigenvalue weighted by Crippen LogP contribution is -2.54. The van der Waals surface area contributed by atoms with Crippen molar-refractivity contribution in [3.63, 3.8) is 0 Å². The van der Waals surface area contributed by atoms with Crippen LogP contribution in [0, 0.1) is 5.92 Å². The maximum absolute atomic E-state index is 12.8. The number of aliphatic carboxylic acids is 1. The quantitative estimate of drug-likeness (QED) is 0.827. The minimum Gasteiger partial charge on any atom is -0.479 e. The molecule has 0 radical (unpaired) electrons. The van der Waals surface area contributed by atoms with Crippen LogP contribution in [-0.4, -0.2) is 71.1 Å². The van der Waals surface area contributed by atoms with Crippen molar-refractivity contribution in [3.8, 4) is 0 Å². The highest BCUT2D eigenvalue weighted by Gasteiger charge is 2.36. The molecule has 2 aliphatic heterocycles. The van der Waals surface area contributed by atoms with E-state index in [1.54, 1.807) is 11.8 Å². The summed E-state index contributed by atoms with van der Waals surface area (Å²) in [6, 6.07) is 9.94. The second kappa shape index (κ2) is 9.19. The molecule has 2 heterocycles. The first-order chi connectivity index (χ1) is 13.4. The Bertz CT molecular complexity index is 700. The number of likely N-dealkylation sites (tertiary alicyclic amines) is 1. The Morgan fingerprint density at radius 1 is 1.07 bits per heavy atom. The van der Waals surface area contributed by atoms with Gasteiger partial charge in [0, 0.05) is 32.0 Å². The SMILES string of the molecule is C[C@@H]1CN(C(=O)C2CCN(C(=O)CCc3ccccc3)CC2)CC(C(=O)O)O1. The average Bonchev–Trinajstić information content (AvgIpc) is 2.72. The zero-order valence-electron chi connectivity index (χ0n) is 16.3. The standard InChI is InChI=1S/C21H28N2O5/c1-15-13-23(14-18(28-15)21(26)27)20(25)17-9-11-22(12-10-17)19(24)8-7-16-5-3-2-4-6-16/h2-6,15,17-18H,7-14H2,1H3,(H,26,27)/t15-,18?/m1/s1. The smallest absolute Gasteiger partial charge is 0.334 e. The van der Waals surface area contributed by atoms with Gasteiger partial charge in [-0.2, -0.15) is 0 Å². The lowest BCUT2D eigenvalue weighted by Gasteiger charge is -2.39. The van der Waals surface area contributed by atoms with Crippen LogP contribution in [0.4, 0.5) is 0 Å². The number of carbonyl (C=O) groups excluding carboxylic acids is 2. The second-order valence-electron chi connectivity index (χ2n) is 7.66. The molecule has 2 amide bonds. The number of piperidine rings is 1. The van der Waals surface area contributed by atoms with E-state index in [1.165, 1.54) is 0 Å². The number of aryl methyl sites for hydroxylation is 1. The van der Waals surface area contributed by atoms with E-state index in [-0.39, 0.29) is 30.4 Å². The zero-order valence-corrected chi connectivity index (χ0v) is 16.3. The summed E-state index contributed by atoms with van der Waals surface area (Å²) in [4.78, 5) is 40.0. The summed E-state index contributed by atoms with van der Waals surface area (Å²) in [5, 5.41) is 9.19. The molecular formula is C21H28N2O5. The van der Waals surface area contributed by atoms with Crippen molar-refractivity contribution in [2.75, 3.05) is 26.2 Å². The van der Waals surface area contributed by atoms with Gasteiger partial charge >= 0.3 is 5.97 Å². The lowest BCUT2D eigenvalue weighted by atomic mass is 9.94. The third kappa shape index (κ3) is 5.10. The molecule has 0 aliphatic carbocycles. The van der Waals surface area contributed by atoms with Crippen molar-refractivity contribution in [1.82, 2.24) is 9.80 Å². The molecule has 0 saturated carbocycles. The molecule has 2 fully saturated rings. The second-order valence-corrected chi connectivity index (χ2v) is 7.66. The molecule has 7 heteroatoms. The van der Waals surface area contributed by atoms with E-state index in [2.05, 4.69) is 0 Å². The molecular weight excluding hydrogens is 360 g/mol. The zero-order chi connectivity index (χ0) is 20.1. The van der Waals surface area contributed by atoms with Crippen LogP contribution in [-0.2, 0) is 25.5 Å². The fourth-order valence-electron chi connectivity index (χ4n) is 3.96. The number of carbonyl (C=O) groups is 3. The first-order valence-corrected chi connectivity index (χ1v) is 9.92. The van der Waals surface area contributed by atoms with Crippen LogP contribution in [0.5, 0.6) is 0 Å². The Morgan fingerprint density at radius 2 is 1.75 bits per heavy atom. The number of morpholine rings is 1. The minimum atomic E-state index is -1.04. The lowest BCUT2D eigenvalue weighted by molar-refractivity contribution is -0.168. The first kappa shape index (κ1) is 20.3. The van der Waals surface area contributed by atoms with Gasteiger partial charge in [-0.25, -0.2) is 4.79 Å². The third-order valence-corrected chi connectivity index (χ3v) is 5.51. The molecule has 7 nitrogen and oxygen atoms in total. The predicted molar refractivity (Wildman–Crippen MR) is 103 cm³/mol. The fraction of sp³-hybridized carbons (Fsp3) is 0.571. The van der Waals surface area contributed by atoms with Crippen LogP contribution in [0.25, 0.3) is 0 Å². The molecule has 1 N–H and O–H groups in total. The number of carboxylic acids is 1. The highest BCUT2D eigenvalue weighted by molar-refractivity contribution is 5.81. The maximum Gasteiger partial charge on any atom is 0.334 e. The fourth-order valence-corrected chi connectivity index (χ4v) is 3.96. The van der Waals surface area contributed by atoms with Gasteiger partial charge < -0.3 is 19.6 Å². The number of ether oxygens (including phenoxy) is 1. The van der Waals surface area contributed by atoms with Gasteiger partial charge in [-0.05, 0) is 31.7 Å². The maximum atomic E-state index is 12.8. The predicted octanol–water partition coefficient (Wildman–Crippen LogP) is 1.56. The van der Waals surface area contributed by atoms with Crippen molar-refractivity contribution < 1.29 is 24.2 Å². The van der Waals surface area contributed by atoms with Gasteiger partial charge in [0.2, 0.25) is 11.8 Å². The van der Waals surface area contributed by atoms with E-state index < -0.39 is 12.1 Å². The Morgan fingerprint density at radius 3 is 2.39 bits per heavy atom. The van der Waals surface area contributed by atoms with Gasteiger partial charge in [0.05, 0.1) is 12.6 Å². The number of rotatable bonds is 5. The molecule has 0 aromatic heterocycles. The monoisotopic (exact) mass is 388 g/mol. The van der Waals surface area contributed by atoms with Crippen LogP contribution in [0.2, 0.25) is 0 Å². The van der Waals surface area contributed by atoms with Gasteiger partial charge in [-0.15, -0.1) is 0 Å². The largest absolute Gasteiger partial charge is 0.479 e. The Labute approximate surface area is 165 Å². The molecule has 2 atom stereocenters. The van der Waals surface area contributed by atoms with Crippen molar-refractivity contribution >= 4 is 17.8 Å². The number of hydrogen-bond acceptors (Lipinski definition) is 4. The molecule has 2 aliphatic rings. The van der Waals surface area contributed by atoms with E-state index in [1.807, 2.05) is 35.2 Å². The number of benzene rings is 1. The highest BCUT2D eigenvalue weighted by atomic mass is 16.5. The Balaban J connectivity index is 1.47. The molecule has 1 aromatic rings. The van der Waals surface area contributed by atoms with E-state index in [0.717, 1.165) is 12.0 Å². The van der Waals surface area contributed by atoms with E-state index in [9.17, 15) is 19.5 Å². The molecule has 2 saturated heterocycles. The number of amides is 2. The van der Waals surface area contributed by atoms with E-state index in [4.69, 9.17) is 4.74 Å². The summed E-state index contributed by atoms with van der Waals surface area (Å²) < 4.78 is 5.38. The summed E-state index contributed by atoms with van der Waals surface area (Å²) in [7, 11) is 0. The normalized spacial score (nSPS) is 23.5. The van der Waals surface area contributed by atoms with Crippen LogP contribution < -0.4 is 0 Å². The summed E-state index contributed by atoms with van der Waals surface area (Å²) in [5.41, 5.74) is 1.15. The minimum absolute atomic E-state index is 0.0159. The first-order valence-electron chi connectivity index (χ1n) is 9.92. The van der Waals surface area contributed by atoms with Gasteiger partial charge in [-0.3, -0.25) is 9.59 Å². The van der Waals surface area contributed by atoms with Crippen LogP contribution in [0.1, 0.15) is 31.7 Å². The van der Waals surface area contributed by atoms with E-state index >= 15 is 0 Å². The van der Waals surface area contributed by atoms with Crippen LogP contribution >= 0.6 is 0 Å². The van der Waals surface area contributed by atoms with Crippen molar-refractivity contribution in [2.45, 2.75) is 44.8 Å². The molecule has 152 valence electrons. The van der Waals surface area contributed by atoms with Crippen LogP contribution in [0.15, 0.2) is 30.3 Å². The molecule has 3 rings (SSSR count).